The van der Waals surface area contributed by atoms with E-state index in [0.717, 1.165) is 0 Å². The van der Waals surface area contributed by atoms with E-state index >= 15 is 0 Å². The molecule has 0 fully saturated rings. The smallest absolute Gasteiger partial charge is 0.327 e. The molecule has 0 spiro atoms. The molecule has 0 bridgehead atoms. The summed E-state index contributed by atoms with van der Waals surface area (Å²) in [6.45, 7) is 2.07. The first-order valence-electron chi connectivity index (χ1n) is 6.13. The predicted molar refractivity (Wildman–Crippen MR) is 64.9 cm³/mol. The third kappa shape index (κ3) is 3.53. The van der Waals surface area contributed by atoms with Gasteiger partial charge in [-0.2, -0.15) is 0 Å². The Morgan fingerprint density at radius 2 is 2.30 bits per heavy atom. The van der Waals surface area contributed by atoms with Gasteiger partial charge in [0.2, 0.25) is 0 Å². The van der Waals surface area contributed by atoms with Gasteiger partial charge in [0.05, 0.1) is 13.7 Å². The molecule has 2 aromatic rings. The molecule has 2 heterocycles. The Kier molecular flexibility index (Phi) is 4.64. The van der Waals surface area contributed by atoms with Crippen molar-refractivity contribution < 1.29 is 18.8 Å². The molecule has 2 rings (SSSR count). The average molecular weight is 281 g/mol. The fourth-order valence-electron chi connectivity index (χ4n) is 1.60. The highest BCUT2D eigenvalue weighted by molar-refractivity contribution is 5.69. The van der Waals surface area contributed by atoms with Gasteiger partial charge in [0.1, 0.15) is 12.3 Å². The van der Waals surface area contributed by atoms with E-state index in [9.17, 15) is 4.79 Å². The minimum Gasteiger partial charge on any atom is -0.479 e. The molecule has 0 saturated heterocycles. The van der Waals surface area contributed by atoms with Gasteiger partial charge in [0, 0.05) is 18.9 Å². The number of aromatic nitrogens is 5. The van der Waals surface area contributed by atoms with Gasteiger partial charge in [-0.05, 0) is 22.5 Å². The van der Waals surface area contributed by atoms with E-state index < -0.39 is 0 Å². The van der Waals surface area contributed by atoms with Crippen LogP contribution in [-0.2, 0) is 28.9 Å². The lowest BCUT2D eigenvalue weighted by Crippen LogP contribution is -2.17. The zero-order valence-electron chi connectivity index (χ0n) is 11.3. The number of nitrogens with zero attached hydrogens (tertiary/aromatic N) is 5. The van der Waals surface area contributed by atoms with E-state index in [1.807, 2.05) is 0 Å². The number of carbonyl (C=O) groups excluding carboxylic acids is 1. The molecule has 0 amide bonds. The molecular formula is C11H15N5O4. The molecule has 0 N–H and O–H groups in total. The van der Waals surface area contributed by atoms with Crippen LogP contribution in [0.2, 0.25) is 0 Å². The van der Waals surface area contributed by atoms with E-state index in [4.69, 9.17) is 14.0 Å². The Labute approximate surface area is 114 Å². The maximum absolute atomic E-state index is 11.4. The van der Waals surface area contributed by atoms with Crippen LogP contribution >= 0.6 is 0 Å². The zero-order valence-corrected chi connectivity index (χ0v) is 11.3. The van der Waals surface area contributed by atoms with Gasteiger partial charge in [-0.25, -0.2) is 4.68 Å². The van der Waals surface area contributed by atoms with E-state index in [1.165, 1.54) is 11.8 Å². The molecule has 0 atom stereocenters. The fraction of sp³-hybridized carbons (Fsp3) is 0.545. The molecule has 9 nitrogen and oxygen atoms in total. The normalized spacial score (nSPS) is 10.5. The number of hydrogen-bond donors (Lipinski definition) is 0. The molecule has 0 radical (unpaired) electrons. The summed E-state index contributed by atoms with van der Waals surface area (Å²) in [6.07, 6.45) is 1.07. The molecule has 108 valence electrons. The number of rotatable bonds is 7. The number of hydrogen-bond acceptors (Lipinski definition) is 8. The molecule has 0 aliphatic rings. The van der Waals surface area contributed by atoms with Gasteiger partial charge in [-0.3, -0.25) is 4.79 Å². The lowest BCUT2D eigenvalue weighted by atomic mass is 10.2. The Bertz CT molecular complexity index is 565. The van der Waals surface area contributed by atoms with Crippen molar-refractivity contribution in [3.05, 3.63) is 17.7 Å². The summed E-state index contributed by atoms with van der Waals surface area (Å²) in [4.78, 5) is 11.4. The Hall–Kier alpha value is -2.45. The van der Waals surface area contributed by atoms with Crippen molar-refractivity contribution in [3.63, 3.8) is 0 Å². The average Bonchev–Trinajstić information content (AvgIpc) is 3.05. The van der Waals surface area contributed by atoms with Crippen molar-refractivity contribution in [1.82, 2.24) is 25.4 Å². The second kappa shape index (κ2) is 6.64. The topological polar surface area (TPSA) is 105 Å². The molecule has 9 heteroatoms. The van der Waals surface area contributed by atoms with Gasteiger partial charge in [-0.15, -0.1) is 5.10 Å². The van der Waals surface area contributed by atoms with Crippen LogP contribution in [0.4, 0.5) is 0 Å². The van der Waals surface area contributed by atoms with E-state index in [0.29, 0.717) is 36.9 Å². The van der Waals surface area contributed by atoms with Crippen molar-refractivity contribution >= 4 is 5.97 Å². The minimum absolute atomic E-state index is 0.00407. The first-order chi connectivity index (χ1) is 9.72. The molecule has 2 aromatic heterocycles. The number of carbonyl (C=O) groups is 1. The monoisotopic (exact) mass is 281 g/mol. The van der Waals surface area contributed by atoms with Crippen LogP contribution in [-0.4, -0.2) is 45.0 Å². The number of tetrazole rings is 1. The van der Waals surface area contributed by atoms with E-state index in [2.05, 4.69) is 20.7 Å². The highest BCUT2D eigenvalue weighted by Crippen LogP contribution is 2.12. The number of esters is 1. The van der Waals surface area contributed by atoms with Gasteiger partial charge in [-0.1, -0.05) is 0 Å². The molecule has 20 heavy (non-hydrogen) atoms. The zero-order chi connectivity index (χ0) is 14.4. The van der Waals surface area contributed by atoms with Crippen LogP contribution in [0.25, 0.3) is 0 Å². The van der Waals surface area contributed by atoms with Crippen molar-refractivity contribution in [1.29, 1.82) is 0 Å². The van der Waals surface area contributed by atoms with Crippen molar-refractivity contribution in [2.24, 2.45) is 0 Å². The Morgan fingerprint density at radius 3 is 3.00 bits per heavy atom. The summed E-state index contributed by atoms with van der Waals surface area (Å²) in [5.74, 6) is 1.29. The van der Waals surface area contributed by atoms with Gasteiger partial charge >= 0.3 is 5.97 Å². The summed E-state index contributed by atoms with van der Waals surface area (Å²) in [5.41, 5.74) is 0. The lowest BCUT2D eigenvalue weighted by Gasteiger charge is -2.03. The summed E-state index contributed by atoms with van der Waals surface area (Å²) in [6, 6.07) is 1.69. The highest BCUT2D eigenvalue weighted by atomic mass is 16.5. The molecule has 0 saturated carbocycles. The van der Waals surface area contributed by atoms with Gasteiger partial charge in [0.25, 0.3) is 5.88 Å². The van der Waals surface area contributed by atoms with E-state index in [-0.39, 0.29) is 12.5 Å². The largest absolute Gasteiger partial charge is 0.479 e. The molecular weight excluding hydrogens is 266 g/mol. The van der Waals surface area contributed by atoms with Gasteiger partial charge in [0.15, 0.2) is 5.82 Å². The molecule has 0 aliphatic heterocycles. The minimum atomic E-state index is -0.373. The van der Waals surface area contributed by atoms with Crippen molar-refractivity contribution in [3.8, 4) is 5.88 Å². The quantitative estimate of drug-likeness (QED) is 0.654. The molecule has 0 aromatic carbocycles. The second-order valence-electron chi connectivity index (χ2n) is 3.89. The van der Waals surface area contributed by atoms with Crippen LogP contribution in [0.3, 0.4) is 0 Å². The SMILES string of the molecule is CCOC(=O)Cn1nnnc1CCc1cc(OC)no1. The fourth-order valence-corrected chi connectivity index (χ4v) is 1.60. The first kappa shape index (κ1) is 14.0. The first-order valence-corrected chi connectivity index (χ1v) is 6.13. The standard InChI is InChI=1S/C11H15N5O4/c1-3-19-11(17)7-16-9(12-14-15-16)5-4-8-6-10(18-2)13-20-8/h6H,3-5,7H2,1-2H3. The van der Waals surface area contributed by atoms with Crippen molar-refractivity contribution in [2.45, 2.75) is 26.3 Å². The maximum atomic E-state index is 11.4. The maximum Gasteiger partial charge on any atom is 0.327 e. The third-order valence-electron chi connectivity index (χ3n) is 2.53. The van der Waals surface area contributed by atoms with Crippen LogP contribution in [0.1, 0.15) is 18.5 Å². The lowest BCUT2D eigenvalue weighted by molar-refractivity contribution is -0.144. The molecule has 0 unspecified atom stereocenters. The van der Waals surface area contributed by atoms with Crippen LogP contribution in [0.15, 0.2) is 10.6 Å². The summed E-state index contributed by atoms with van der Waals surface area (Å²) in [5, 5.41) is 14.9. The van der Waals surface area contributed by atoms with Crippen LogP contribution in [0, 0.1) is 0 Å². The summed E-state index contributed by atoms with van der Waals surface area (Å²) in [7, 11) is 1.52. The summed E-state index contributed by atoms with van der Waals surface area (Å²) >= 11 is 0. The molecule has 0 aliphatic carbocycles. The third-order valence-corrected chi connectivity index (χ3v) is 2.53. The number of methoxy groups -OCH3 is 1. The Balaban J connectivity index is 1.93. The second-order valence-corrected chi connectivity index (χ2v) is 3.89. The summed E-state index contributed by atoms with van der Waals surface area (Å²) < 4.78 is 16.3. The van der Waals surface area contributed by atoms with E-state index in [1.54, 1.807) is 13.0 Å². The number of ether oxygens (including phenoxy) is 2. The predicted octanol–water partition coefficient (Wildman–Crippen LogP) is 0.0180. The van der Waals surface area contributed by atoms with Crippen molar-refractivity contribution in [2.75, 3.05) is 13.7 Å². The van der Waals surface area contributed by atoms with Crippen LogP contribution < -0.4 is 4.74 Å². The Morgan fingerprint density at radius 1 is 1.45 bits per heavy atom. The highest BCUT2D eigenvalue weighted by Gasteiger charge is 2.12. The number of aryl methyl sites for hydroxylation is 2. The van der Waals surface area contributed by atoms with Crippen LogP contribution in [0.5, 0.6) is 5.88 Å². The van der Waals surface area contributed by atoms with Gasteiger partial charge < -0.3 is 14.0 Å².